The third-order valence-corrected chi connectivity index (χ3v) is 2.46. The molecule has 1 aromatic heterocycles. The molecule has 0 saturated heterocycles. The molecule has 0 spiro atoms. The first-order chi connectivity index (χ1) is 7.25. The number of hydrogen-bond acceptors (Lipinski definition) is 5. The van der Waals surface area contributed by atoms with Gasteiger partial charge in [0.2, 0.25) is 5.95 Å². The van der Waals surface area contributed by atoms with Crippen molar-refractivity contribution >= 4 is 28.5 Å². The number of ketones is 1. The molecule has 0 radical (unpaired) electrons. The standard InChI is InChI=1S/C10H8N4O/c11-10-13-6-3-1-2-5-7(15)4-12-9(14-10)8(5)6/h1-3H,4H2,(H3,11,12,13,14). The van der Waals surface area contributed by atoms with Gasteiger partial charge in [0.1, 0.15) is 5.82 Å². The van der Waals surface area contributed by atoms with E-state index in [4.69, 9.17) is 5.73 Å². The molecule has 0 bridgehead atoms. The minimum Gasteiger partial charge on any atom is -0.368 e. The maximum Gasteiger partial charge on any atom is 0.222 e. The van der Waals surface area contributed by atoms with E-state index in [1.54, 1.807) is 12.1 Å². The molecule has 2 aromatic rings. The Bertz CT molecular complexity index is 579. The van der Waals surface area contributed by atoms with Crippen molar-refractivity contribution in [3.63, 3.8) is 0 Å². The molecule has 5 heteroatoms. The summed E-state index contributed by atoms with van der Waals surface area (Å²) >= 11 is 0. The third-order valence-electron chi connectivity index (χ3n) is 2.46. The number of anilines is 2. The molecule has 1 aliphatic rings. The van der Waals surface area contributed by atoms with E-state index in [0.29, 0.717) is 16.9 Å². The molecule has 3 rings (SSSR count). The highest BCUT2D eigenvalue weighted by Gasteiger charge is 2.20. The van der Waals surface area contributed by atoms with Gasteiger partial charge in [-0.3, -0.25) is 4.79 Å². The molecule has 0 aliphatic carbocycles. The molecular formula is C10H8N4O. The summed E-state index contributed by atoms with van der Waals surface area (Å²) in [5.41, 5.74) is 6.93. The fraction of sp³-hybridized carbons (Fsp3) is 0.100. The zero-order valence-electron chi connectivity index (χ0n) is 7.82. The van der Waals surface area contributed by atoms with Crippen LogP contribution in [0.25, 0.3) is 10.9 Å². The normalized spacial score (nSPS) is 14.0. The van der Waals surface area contributed by atoms with Crippen LogP contribution < -0.4 is 11.1 Å². The number of hydrogen-bond donors (Lipinski definition) is 2. The number of carbonyl (C=O) groups is 1. The number of nitrogen functional groups attached to an aromatic ring is 1. The summed E-state index contributed by atoms with van der Waals surface area (Å²) in [6.45, 7) is 0.266. The smallest absolute Gasteiger partial charge is 0.222 e. The SMILES string of the molecule is Nc1nc2c3c(cccc3n1)C(=O)CN2. The molecule has 5 nitrogen and oxygen atoms in total. The largest absolute Gasteiger partial charge is 0.368 e. The molecule has 15 heavy (non-hydrogen) atoms. The Morgan fingerprint density at radius 2 is 2.20 bits per heavy atom. The second-order valence-corrected chi connectivity index (χ2v) is 3.41. The summed E-state index contributed by atoms with van der Waals surface area (Å²) in [6.07, 6.45) is 0. The Morgan fingerprint density at radius 1 is 1.33 bits per heavy atom. The van der Waals surface area contributed by atoms with Gasteiger partial charge in [0.05, 0.1) is 17.4 Å². The van der Waals surface area contributed by atoms with Gasteiger partial charge in [-0.2, -0.15) is 4.98 Å². The van der Waals surface area contributed by atoms with Gasteiger partial charge in [-0.25, -0.2) is 4.98 Å². The lowest BCUT2D eigenvalue weighted by Gasteiger charge is -2.16. The van der Waals surface area contributed by atoms with Crippen LogP contribution in [-0.2, 0) is 0 Å². The van der Waals surface area contributed by atoms with E-state index < -0.39 is 0 Å². The summed E-state index contributed by atoms with van der Waals surface area (Å²) in [7, 11) is 0. The van der Waals surface area contributed by atoms with Crippen LogP contribution in [0.15, 0.2) is 18.2 Å². The van der Waals surface area contributed by atoms with Crippen molar-refractivity contribution in [1.82, 2.24) is 9.97 Å². The highest BCUT2D eigenvalue weighted by Crippen LogP contribution is 2.28. The fourth-order valence-electron chi connectivity index (χ4n) is 1.82. The van der Waals surface area contributed by atoms with Crippen LogP contribution in [0.3, 0.4) is 0 Å². The summed E-state index contributed by atoms with van der Waals surface area (Å²) in [5.74, 6) is 0.922. The van der Waals surface area contributed by atoms with Crippen molar-refractivity contribution < 1.29 is 4.79 Å². The first kappa shape index (κ1) is 8.16. The van der Waals surface area contributed by atoms with Crippen LogP contribution >= 0.6 is 0 Å². The van der Waals surface area contributed by atoms with Gasteiger partial charge >= 0.3 is 0 Å². The number of Topliss-reactive ketones (excluding diaryl/α,β-unsaturated/α-hetero) is 1. The molecule has 0 unspecified atom stereocenters. The van der Waals surface area contributed by atoms with Crippen LogP contribution in [-0.4, -0.2) is 22.3 Å². The average molecular weight is 200 g/mol. The van der Waals surface area contributed by atoms with Crippen LogP contribution in [0.2, 0.25) is 0 Å². The molecular weight excluding hydrogens is 192 g/mol. The Kier molecular flexibility index (Phi) is 1.45. The second kappa shape index (κ2) is 2.66. The molecule has 0 saturated carbocycles. The highest BCUT2D eigenvalue weighted by molar-refractivity contribution is 6.15. The van der Waals surface area contributed by atoms with Crippen molar-refractivity contribution in [2.75, 3.05) is 17.6 Å². The maximum atomic E-state index is 11.6. The van der Waals surface area contributed by atoms with Gasteiger partial charge in [0, 0.05) is 5.56 Å². The lowest BCUT2D eigenvalue weighted by Crippen LogP contribution is -2.21. The fourth-order valence-corrected chi connectivity index (χ4v) is 1.82. The molecule has 2 heterocycles. The molecule has 1 aliphatic heterocycles. The van der Waals surface area contributed by atoms with Crippen molar-refractivity contribution in [3.05, 3.63) is 23.8 Å². The number of nitrogens with one attached hydrogen (secondary N) is 1. The number of carbonyl (C=O) groups excluding carboxylic acids is 1. The number of benzene rings is 1. The first-order valence-electron chi connectivity index (χ1n) is 4.59. The van der Waals surface area contributed by atoms with Gasteiger partial charge in [-0.1, -0.05) is 12.1 Å². The predicted molar refractivity (Wildman–Crippen MR) is 56.8 cm³/mol. The third kappa shape index (κ3) is 1.06. The van der Waals surface area contributed by atoms with E-state index in [9.17, 15) is 4.79 Å². The highest BCUT2D eigenvalue weighted by atomic mass is 16.1. The van der Waals surface area contributed by atoms with Crippen LogP contribution in [0, 0.1) is 0 Å². The number of nitrogens with zero attached hydrogens (tertiary/aromatic N) is 2. The Morgan fingerprint density at radius 3 is 3.07 bits per heavy atom. The lowest BCUT2D eigenvalue weighted by atomic mass is 10.0. The lowest BCUT2D eigenvalue weighted by molar-refractivity contribution is 0.101. The Labute approximate surface area is 85.3 Å². The topological polar surface area (TPSA) is 80.9 Å². The Hall–Kier alpha value is -2.17. The number of aromatic nitrogens is 2. The van der Waals surface area contributed by atoms with E-state index >= 15 is 0 Å². The molecule has 1 aromatic carbocycles. The maximum absolute atomic E-state index is 11.6. The monoisotopic (exact) mass is 200 g/mol. The van der Waals surface area contributed by atoms with Gasteiger partial charge in [-0.15, -0.1) is 0 Å². The first-order valence-corrected chi connectivity index (χ1v) is 4.59. The van der Waals surface area contributed by atoms with Crippen molar-refractivity contribution in [3.8, 4) is 0 Å². The molecule has 3 N–H and O–H groups in total. The Balaban J connectivity index is 2.50. The minimum atomic E-state index is 0.0569. The van der Waals surface area contributed by atoms with Crippen molar-refractivity contribution in [2.24, 2.45) is 0 Å². The average Bonchev–Trinajstić information content (AvgIpc) is 2.23. The second-order valence-electron chi connectivity index (χ2n) is 3.41. The van der Waals surface area contributed by atoms with E-state index in [0.717, 1.165) is 5.39 Å². The van der Waals surface area contributed by atoms with E-state index in [2.05, 4.69) is 15.3 Å². The van der Waals surface area contributed by atoms with Crippen LogP contribution in [0.1, 0.15) is 10.4 Å². The molecule has 0 amide bonds. The summed E-state index contributed by atoms with van der Waals surface area (Å²) in [6, 6.07) is 5.41. The van der Waals surface area contributed by atoms with Gasteiger partial charge in [-0.05, 0) is 6.07 Å². The number of nitrogens with two attached hydrogens (primary N) is 1. The van der Waals surface area contributed by atoms with Gasteiger partial charge < -0.3 is 11.1 Å². The summed E-state index contributed by atoms with van der Waals surface area (Å²) in [5, 5.41) is 3.70. The number of rotatable bonds is 0. The summed E-state index contributed by atoms with van der Waals surface area (Å²) in [4.78, 5) is 19.8. The van der Waals surface area contributed by atoms with Crippen LogP contribution in [0.5, 0.6) is 0 Å². The van der Waals surface area contributed by atoms with E-state index in [1.807, 2.05) is 6.07 Å². The minimum absolute atomic E-state index is 0.0569. The van der Waals surface area contributed by atoms with Crippen LogP contribution in [0.4, 0.5) is 11.8 Å². The molecule has 0 atom stereocenters. The predicted octanol–water partition coefficient (Wildman–Crippen LogP) is 0.820. The van der Waals surface area contributed by atoms with E-state index in [-0.39, 0.29) is 18.3 Å². The zero-order valence-corrected chi connectivity index (χ0v) is 7.82. The zero-order chi connectivity index (χ0) is 10.4. The van der Waals surface area contributed by atoms with E-state index in [1.165, 1.54) is 0 Å². The quantitative estimate of drug-likeness (QED) is 0.658. The van der Waals surface area contributed by atoms with Crippen molar-refractivity contribution in [1.29, 1.82) is 0 Å². The van der Waals surface area contributed by atoms with Crippen molar-refractivity contribution in [2.45, 2.75) is 0 Å². The van der Waals surface area contributed by atoms with Gasteiger partial charge in [0.15, 0.2) is 5.78 Å². The molecule has 0 fully saturated rings. The van der Waals surface area contributed by atoms with Gasteiger partial charge in [0.25, 0.3) is 0 Å². The molecule has 74 valence electrons. The summed E-state index contributed by atoms with van der Waals surface area (Å²) < 4.78 is 0.